The van der Waals surface area contributed by atoms with Crippen LogP contribution in [0, 0.1) is 13.8 Å². The summed E-state index contributed by atoms with van der Waals surface area (Å²) < 4.78 is 8.92. The van der Waals surface area contributed by atoms with Crippen LogP contribution in [0.5, 0.6) is 0 Å². The number of furan rings is 1. The fourth-order valence-electron chi connectivity index (χ4n) is 2.61. The number of aliphatic hydroxyl groups excluding tert-OH is 1. The van der Waals surface area contributed by atoms with E-state index in [9.17, 15) is 5.11 Å². The summed E-state index contributed by atoms with van der Waals surface area (Å²) in [6.45, 7) is 5.02. The lowest BCUT2D eigenvalue weighted by atomic mass is 10.2. The fourth-order valence-corrected chi connectivity index (χ4v) is 2.61. The van der Waals surface area contributed by atoms with Crippen LogP contribution in [0.2, 0.25) is 0 Å². The molecule has 0 aliphatic rings. The van der Waals surface area contributed by atoms with Crippen LogP contribution >= 0.6 is 0 Å². The van der Waals surface area contributed by atoms with Gasteiger partial charge in [0.15, 0.2) is 0 Å². The Balaban J connectivity index is 1.84. The maximum Gasteiger partial charge on any atom is 0.125 e. The predicted molar refractivity (Wildman–Crippen MR) is 87.0 cm³/mol. The highest BCUT2D eigenvalue weighted by Gasteiger charge is 2.13. The third-order valence-electron chi connectivity index (χ3n) is 3.80. The summed E-state index contributed by atoms with van der Waals surface area (Å²) in [5, 5.41) is 21.5. The van der Waals surface area contributed by atoms with Gasteiger partial charge in [-0.25, -0.2) is 4.68 Å². The molecule has 0 aliphatic heterocycles. The maximum absolute atomic E-state index is 9.25. The van der Waals surface area contributed by atoms with Crippen LogP contribution in [0.15, 0.2) is 29.0 Å². The van der Waals surface area contributed by atoms with Gasteiger partial charge in [0.1, 0.15) is 11.6 Å². The molecule has 7 nitrogen and oxygen atoms in total. The van der Waals surface area contributed by atoms with Gasteiger partial charge in [0.25, 0.3) is 0 Å². The monoisotopic (exact) mass is 315 g/mol. The molecular formula is C16H21N5O2. The number of hydrogen-bond acceptors (Lipinski definition) is 5. The highest BCUT2D eigenvalue weighted by Crippen LogP contribution is 2.26. The lowest BCUT2D eigenvalue weighted by molar-refractivity contribution is 0.270. The normalized spacial score (nSPS) is 11.1. The van der Waals surface area contributed by atoms with E-state index in [1.807, 2.05) is 39.2 Å². The number of hydrogen-bond donors (Lipinski definition) is 2. The first-order valence-corrected chi connectivity index (χ1v) is 7.54. The van der Waals surface area contributed by atoms with Crippen LogP contribution in [0.3, 0.4) is 0 Å². The standard InChI is InChI=1S/C16H21N5O2/c1-11-13(10-20(3)18-11)9-17-16-8-15(19-21(16)5-6-22)14-4-7-23-12(14)2/h4,7-8,10,17,22H,5-6,9H2,1-3H3. The van der Waals surface area contributed by atoms with E-state index in [-0.39, 0.29) is 6.61 Å². The number of aryl methyl sites for hydroxylation is 3. The molecule has 0 amide bonds. The van der Waals surface area contributed by atoms with Crippen LogP contribution in [-0.2, 0) is 20.1 Å². The summed E-state index contributed by atoms with van der Waals surface area (Å²) in [4.78, 5) is 0. The number of aromatic nitrogens is 4. The van der Waals surface area contributed by atoms with E-state index < -0.39 is 0 Å². The van der Waals surface area contributed by atoms with Gasteiger partial charge in [0.2, 0.25) is 0 Å². The minimum atomic E-state index is 0.0338. The van der Waals surface area contributed by atoms with Gasteiger partial charge in [-0.3, -0.25) is 4.68 Å². The van der Waals surface area contributed by atoms with E-state index in [0.717, 1.165) is 34.1 Å². The first kappa shape index (κ1) is 15.4. The zero-order valence-electron chi connectivity index (χ0n) is 13.6. The molecule has 3 aromatic rings. The molecule has 122 valence electrons. The van der Waals surface area contributed by atoms with Gasteiger partial charge in [-0.15, -0.1) is 0 Å². The van der Waals surface area contributed by atoms with Crippen molar-refractivity contribution >= 4 is 5.82 Å². The van der Waals surface area contributed by atoms with Crippen molar-refractivity contribution in [3.8, 4) is 11.3 Å². The molecule has 0 atom stereocenters. The molecule has 0 radical (unpaired) electrons. The molecule has 0 saturated carbocycles. The SMILES string of the molecule is Cc1nn(C)cc1CNc1cc(-c2ccoc2C)nn1CCO. The summed E-state index contributed by atoms with van der Waals surface area (Å²) in [6, 6.07) is 3.87. The second kappa shape index (κ2) is 6.29. The molecule has 0 spiro atoms. The van der Waals surface area contributed by atoms with Gasteiger partial charge in [-0.2, -0.15) is 10.2 Å². The Labute approximate surface area is 134 Å². The molecule has 0 fully saturated rings. The molecule has 2 N–H and O–H groups in total. The minimum Gasteiger partial charge on any atom is -0.469 e. The van der Waals surface area contributed by atoms with E-state index in [1.54, 1.807) is 15.6 Å². The van der Waals surface area contributed by atoms with Crippen molar-refractivity contribution < 1.29 is 9.52 Å². The van der Waals surface area contributed by atoms with Gasteiger partial charge < -0.3 is 14.8 Å². The Morgan fingerprint density at radius 1 is 1.30 bits per heavy atom. The molecule has 3 heterocycles. The number of nitrogens with zero attached hydrogens (tertiary/aromatic N) is 4. The molecule has 3 aromatic heterocycles. The molecule has 0 aromatic carbocycles. The number of aliphatic hydroxyl groups is 1. The summed E-state index contributed by atoms with van der Waals surface area (Å²) in [7, 11) is 1.91. The molecule has 0 saturated heterocycles. The predicted octanol–water partition coefficient (Wildman–Crippen LogP) is 2.10. The van der Waals surface area contributed by atoms with Crippen LogP contribution in [0.1, 0.15) is 17.0 Å². The Hall–Kier alpha value is -2.54. The highest BCUT2D eigenvalue weighted by atomic mass is 16.3. The average molecular weight is 315 g/mol. The van der Waals surface area contributed by atoms with Crippen molar-refractivity contribution in [3.05, 3.63) is 41.6 Å². The van der Waals surface area contributed by atoms with Crippen molar-refractivity contribution in [2.45, 2.75) is 26.9 Å². The molecule has 7 heteroatoms. The number of anilines is 1. The Bertz CT molecular complexity index is 799. The Morgan fingerprint density at radius 3 is 2.74 bits per heavy atom. The van der Waals surface area contributed by atoms with E-state index in [0.29, 0.717) is 13.1 Å². The molecule has 3 rings (SSSR count). The van der Waals surface area contributed by atoms with Crippen molar-refractivity contribution in [1.29, 1.82) is 0 Å². The van der Waals surface area contributed by atoms with Crippen molar-refractivity contribution in [2.75, 3.05) is 11.9 Å². The quantitative estimate of drug-likeness (QED) is 0.728. The van der Waals surface area contributed by atoms with E-state index in [4.69, 9.17) is 4.42 Å². The smallest absolute Gasteiger partial charge is 0.125 e. The van der Waals surface area contributed by atoms with Gasteiger partial charge in [-0.1, -0.05) is 0 Å². The number of rotatable bonds is 6. The van der Waals surface area contributed by atoms with Crippen LogP contribution in [0.25, 0.3) is 11.3 Å². The summed E-state index contributed by atoms with van der Waals surface area (Å²) in [6.07, 6.45) is 3.65. The van der Waals surface area contributed by atoms with E-state index >= 15 is 0 Å². The lowest BCUT2D eigenvalue weighted by Gasteiger charge is -2.07. The van der Waals surface area contributed by atoms with Crippen LogP contribution < -0.4 is 5.32 Å². The van der Waals surface area contributed by atoms with Crippen molar-refractivity contribution in [2.24, 2.45) is 7.05 Å². The van der Waals surface area contributed by atoms with Crippen molar-refractivity contribution in [1.82, 2.24) is 19.6 Å². The molecule has 0 unspecified atom stereocenters. The Morgan fingerprint density at radius 2 is 2.13 bits per heavy atom. The number of nitrogens with one attached hydrogen (secondary N) is 1. The van der Waals surface area contributed by atoms with Crippen LogP contribution in [-0.4, -0.2) is 31.3 Å². The first-order valence-electron chi connectivity index (χ1n) is 7.54. The molecule has 0 aliphatic carbocycles. The fraction of sp³-hybridized carbons (Fsp3) is 0.375. The van der Waals surface area contributed by atoms with Crippen molar-refractivity contribution in [3.63, 3.8) is 0 Å². The van der Waals surface area contributed by atoms with Gasteiger partial charge in [-0.05, 0) is 19.9 Å². The highest BCUT2D eigenvalue weighted by molar-refractivity contribution is 5.64. The topological polar surface area (TPSA) is 81.0 Å². The van der Waals surface area contributed by atoms with Gasteiger partial charge >= 0.3 is 0 Å². The lowest BCUT2D eigenvalue weighted by Crippen LogP contribution is -2.10. The first-order chi connectivity index (χ1) is 11.1. The molecule has 23 heavy (non-hydrogen) atoms. The summed E-state index contributed by atoms with van der Waals surface area (Å²) in [5.74, 6) is 1.69. The largest absolute Gasteiger partial charge is 0.469 e. The van der Waals surface area contributed by atoms with Gasteiger partial charge in [0, 0.05) is 37.0 Å². The zero-order valence-corrected chi connectivity index (χ0v) is 13.6. The minimum absolute atomic E-state index is 0.0338. The zero-order chi connectivity index (χ0) is 16.4. The Kier molecular flexibility index (Phi) is 4.20. The summed E-state index contributed by atoms with van der Waals surface area (Å²) >= 11 is 0. The van der Waals surface area contributed by atoms with E-state index in [1.165, 1.54) is 0 Å². The van der Waals surface area contributed by atoms with Gasteiger partial charge in [0.05, 0.1) is 30.8 Å². The average Bonchev–Trinajstić information content (AvgIpc) is 3.17. The molecular weight excluding hydrogens is 294 g/mol. The molecule has 0 bridgehead atoms. The third-order valence-corrected chi connectivity index (χ3v) is 3.80. The maximum atomic E-state index is 9.25. The van der Waals surface area contributed by atoms with Crippen LogP contribution in [0.4, 0.5) is 5.82 Å². The second-order valence-corrected chi connectivity index (χ2v) is 5.52. The third kappa shape index (κ3) is 3.14. The second-order valence-electron chi connectivity index (χ2n) is 5.52. The van der Waals surface area contributed by atoms with E-state index in [2.05, 4.69) is 15.5 Å². The summed E-state index contributed by atoms with van der Waals surface area (Å²) in [5.41, 5.74) is 3.92.